The van der Waals surface area contributed by atoms with Crippen molar-refractivity contribution in [1.29, 1.82) is 0 Å². The zero-order valence-corrected chi connectivity index (χ0v) is 16.7. The van der Waals surface area contributed by atoms with Gasteiger partial charge in [-0.25, -0.2) is 10.2 Å². The van der Waals surface area contributed by atoms with Crippen LogP contribution in [0.3, 0.4) is 0 Å². The molecule has 2 N–H and O–H groups in total. The number of nitrogens with one attached hydrogen (secondary N) is 1. The van der Waals surface area contributed by atoms with Crippen LogP contribution >= 0.6 is 31.9 Å². The van der Waals surface area contributed by atoms with Crippen LogP contribution in [0.25, 0.3) is 0 Å². The highest BCUT2D eigenvalue weighted by Gasteiger charge is 2.10. The lowest BCUT2D eigenvalue weighted by molar-refractivity contribution is -0.139. The Labute approximate surface area is 166 Å². The summed E-state index contributed by atoms with van der Waals surface area (Å²) in [6, 6.07) is 10.00. The minimum Gasteiger partial charge on any atom is -0.497 e. The lowest BCUT2D eigenvalue weighted by Gasteiger charge is -2.09. The van der Waals surface area contributed by atoms with Crippen molar-refractivity contribution in [3.05, 3.63) is 56.5 Å². The van der Waals surface area contributed by atoms with E-state index in [9.17, 15) is 9.59 Å². The summed E-state index contributed by atoms with van der Waals surface area (Å²) in [7, 11) is 1.55. The lowest BCUT2D eigenvalue weighted by Crippen LogP contribution is -2.17. The zero-order chi connectivity index (χ0) is 19.1. The minimum atomic E-state index is -1.07. The molecule has 9 heteroatoms. The van der Waals surface area contributed by atoms with Crippen molar-refractivity contribution in [3.8, 4) is 11.5 Å². The number of rotatable bonds is 7. The minimum absolute atomic E-state index is 0.358. The highest BCUT2D eigenvalue weighted by atomic mass is 79.9. The van der Waals surface area contributed by atoms with E-state index in [0.29, 0.717) is 31.6 Å². The summed E-state index contributed by atoms with van der Waals surface area (Å²) in [5.74, 6) is -0.407. The third-order valence-electron chi connectivity index (χ3n) is 3.09. The van der Waals surface area contributed by atoms with Crippen LogP contribution in [0.15, 0.2) is 50.4 Å². The molecule has 0 atom stereocenters. The van der Waals surface area contributed by atoms with Crippen molar-refractivity contribution in [2.24, 2.45) is 5.10 Å². The predicted molar refractivity (Wildman–Crippen MR) is 103 cm³/mol. The van der Waals surface area contributed by atoms with Gasteiger partial charge in [0.15, 0.2) is 6.61 Å². The van der Waals surface area contributed by atoms with Crippen molar-refractivity contribution in [3.63, 3.8) is 0 Å². The predicted octanol–water partition coefficient (Wildman–Crippen LogP) is 3.45. The fraction of sp³-hybridized carbons (Fsp3) is 0.118. The van der Waals surface area contributed by atoms with Crippen molar-refractivity contribution in [2.45, 2.75) is 0 Å². The number of amides is 1. The molecular formula is C17H14Br2N2O5. The first-order valence-electron chi connectivity index (χ1n) is 7.22. The van der Waals surface area contributed by atoms with E-state index in [1.165, 1.54) is 6.21 Å². The number of hydrogen-bond acceptors (Lipinski definition) is 5. The van der Waals surface area contributed by atoms with Crippen LogP contribution < -0.4 is 14.9 Å². The van der Waals surface area contributed by atoms with Gasteiger partial charge in [-0.2, -0.15) is 5.10 Å². The number of benzene rings is 2. The van der Waals surface area contributed by atoms with Crippen LogP contribution in [-0.4, -0.2) is 36.9 Å². The van der Waals surface area contributed by atoms with Crippen molar-refractivity contribution in [1.82, 2.24) is 5.43 Å². The smallest absolute Gasteiger partial charge is 0.341 e. The second-order valence-electron chi connectivity index (χ2n) is 4.92. The summed E-state index contributed by atoms with van der Waals surface area (Å²) in [6.45, 7) is -0.456. The Morgan fingerprint density at radius 3 is 2.35 bits per heavy atom. The van der Waals surface area contributed by atoms with Gasteiger partial charge in [0.05, 0.1) is 22.3 Å². The second-order valence-corrected chi connectivity index (χ2v) is 6.63. The van der Waals surface area contributed by atoms with Gasteiger partial charge in [-0.05, 0) is 73.8 Å². The van der Waals surface area contributed by atoms with Gasteiger partial charge in [0.25, 0.3) is 5.91 Å². The van der Waals surface area contributed by atoms with E-state index in [2.05, 4.69) is 42.4 Å². The maximum absolute atomic E-state index is 12.0. The first-order chi connectivity index (χ1) is 12.4. The van der Waals surface area contributed by atoms with Gasteiger partial charge in [0, 0.05) is 5.56 Å². The SMILES string of the molecule is COc1ccc(C(=O)N/N=C\c2cc(Br)c(OCC(=O)O)c(Br)c2)cc1. The highest BCUT2D eigenvalue weighted by Crippen LogP contribution is 2.34. The van der Waals surface area contributed by atoms with Crippen LogP contribution in [0.5, 0.6) is 11.5 Å². The Hall–Kier alpha value is -2.39. The normalized spacial score (nSPS) is 10.6. The maximum Gasteiger partial charge on any atom is 0.341 e. The number of nitrogens with zero attached hydrogens (tertiary/aromatic N) is 1. The number of halogens is 2. The molecule has 2 rings (SSSR count). The molecule has 7 nitrogen and oxygen atoms in total. The van der Waals surface area contributed by atoms with Crippen LogP contribution in [0, 0.1) is 0 Å². The Morgan fingerprint density at radius 1 is 1.19 bits per heavy atom. The number of carboxylic acid groups (broad SMARTS) is 1. The number of carbonyl (C=O) groups is 2. The van der Waals surface area contributed by atoms with E-state index < -0.39 is 12.6 Å². The number of aliphatic carboxylic acids is 1. The average Bonchev–Trinajstić information content (AvgIpc) is 2.60. The van der Waals surface area contributed by atoms with Crippen LogP contribution in [0.1, 0.15) is 15.9 Å². The highest BCUT2D eigenvalue weighted by molar-refractivity contribution is 9.11. The quantitative estimate of drug-likeness (QED) is 0.462. The molecule has 0 heterocycles. The Kier molecular flexibility index (Phi) is 7.16. The van der Waals surface area contributed by atoms with E-state index >= 15 is 0 Å². The summed E-state index contributed by atoms with van der Waals surface area (Å²) in [5, 5.41) is 12.6. The summed E-state index contributed by atoms with van der Waals surface area (Å²) in [6.07, 6.45) is 1.46. The molecule has 1 amide bonds. The second kappa shape index (κ2) is 9.35. The van der Waals surface area contributed by atoms with Crippen LogP contribution in [0.2, 0.25) is 0 Å². The third-order valence-corrected chi connectivity index (χ3v) is 4.27. The molecule has 0 aliphatic rings. The molecule has 0 unspecified atom stereocenters. The molecule has 2 aromatic carbocycles. The van der Waals surface area contributed by atoms with Gasteiger partial charge in [-0.15, -0.1) is 0 Å². The number of hydrogen-bond donors (Lipinski definition) is 2. The third kappa shape index (κ3) is 5.57. The number of ether oxygens (including phenoxy) is 2. The molecule has 2 aromatic rings. The Bertz CT molecular complexity index is 815. The molecule has 0 fully saturated rings. The molecule has 0 saturated carbocycles. The largest absolute Gasteiger partial charge is 0.497 e. The molecule has 0 aliphatic heterocycles. The van der Waals surface area contributed by atoms with Gasteiger partial charge in [-0.3, -0.25) is 4.79 Å². The topological polar surface area (TPSA) is 97.2 Å². The van der Waals surface area contributed by atoms with Crippen molar-refractivity contribution < 1.29 is 24.2 Å². The maximum atomic E-state index is 12.0. The van der Waals surface area contributed by atoms with E-state index in [1.807, 2.05) is 0 Å². The van der Waals surface area contributed by atoms with Gasteiger partial charge in [-0.1, -0.05) is 0 Å². The first-order valence-corrected chi connectivity index (χ1v) is 8.80. The molecule has 0 aliphatic carbocycles. The van der Waals surface area contributed by atoms with Gasteiger partial charge in [0.1, 0.15) is 11.5 Å². The van der Waals surface area contributed by atoms with Crippen molar-refractivity contribution in [2.75, 3.05) is 13.7 Å². The summed E-state index contributed by atoms with van der Waals surface area (Å²) >= 11 is 6.62. The number of carboxylic acids is 1. The molecule has 0 radical (unpaired) electrons. The number of hydrazone groups is 1. The Balaban J connectivity index is 2.03. The molecule has 0 bridgehead atoms. The molecule has 0 spiro atoms. The van der Waals surface area contributed by atoms with Gasteiger partial charge >= 0.3 is 5.97 Å². The van der Waals surface area contributed by atoms with E-state index in [4.69, 9.17) is 14.6 Å². The standard InChI is InChI=1S/C17H14Br2N2O5/c1-25-12-4-2-11(3-5-12)17(24)21-20-8-10-6-13(18)16(14(19)7-10)26-9-15(22)23/h2-8H,9H2,1H3,(H,21,24)(H,22,23)/b20-8-. The molecular weight excluding hydrogens is 472 g/mol. The zero-order valence-electron chi connectivity index (χ0n) is 13.5. The first kappa shape index (κ1) is 19.9. The fourth-order valence-electron chi connectivity index (χ4n) is 1.90. The molecule has 136 valence electrons. The van der Waals surface area contributed by atoms with E-state index in [1.54, 1.807) is 43.5 Å². The van der Waals surface area contributed by atoms with Crippen molar-refractivity contribution >= 4 is 50.0 Å². The Morgan fingerprint density at radius 2 is 1.81 bits per heavy atom. The number of carbonyl (C=O) groups excluding carboxylic acids is 1. The van der Waals surface area contributed by atoms with E-state index in [0.717, 1.165) is 0 Å². The van der Waals surface area contributed by atoms with Crippen LogP contribution in [-0.2, 0) is 4.79 Å². The monoisotopic (exact) mass is 484 g/mol. The van der Waals surface area contributed by atoms with Crippen LogP contribution in [0.4, 0.5) is 0 Å². The summed E-state index contributed by atoms with van der Waals surface area (Å²) < 4.78 is 11.3. The number of methoxy groups -OCH3 is 1. The molecule has 0 aromatic heterocycles. The lowest BCUT2D eigenvalue weighted by atomic mass is 10.2. The molecule has 26 heavy (non-hydrogen) atoms. The molecule has 0 saturated heterocycles. The van der Waals surface area contributed by atoms with Gasteiger partial charge < -0.3 is 14.6 Å². The van der Waals surface area contributed by atoms with Gasteiger partial charge in [0.2, 0.25) is 0 Å². The average molecular weight is 486 g/mol. The van der Waals surface area contributed by atoms with E-state index in [-0.39, 0.29) is 5.91 Å². The summed E-state index contributed by atoms with van der Waals surface area (Å²) in [5.41, 5.74) is 3.54. The fourth-order valence-corrected chi connectivity index (χ4v) is 3.35. The summed E-state index contributed by atoms with van der Waals surface area (Å²) in [4.78, 5) is 22.6.